The molecule has 158 valence electrons. The van der Waals surface area contributed by atoms with Crippen molar-refractivity contribution >= 4 is 0 Å². The molecule has 2 unspecified atom stereocenters. The lowest BCUT2D eigenvalue weighted by Gasteiger charge is -2.56. The Bertz CT molecular complexity index is 580. The summed E-state index contributed by atoms with van der Waals surface area (Å²) in [6, 6.07) is 0. The molecular formula is C23H35F3N2. The molecule has 1 aromatic heterocycles. The van der Waals surface area contributed by atoms with Crippen molar-refractivity contribution in [3.05, 3.63) is 18.7 Å². The van der Waals surface area contributed by atoms with Crippen LogP contribution >= 0.6 is 0 Å². The molecule has 0 N–H and O–H groups in total. The normalized spacial score (nSPS) is 29.1. The van der Waals surface area contributed by atoms with E-state index in [1.807, 2.05) is 12.5 Å². The van der Waals surface area contributed by atoms with Crippen molar-refractivity contribution in [3.8, 4) is 0 Å². The number of aromatic nitrogens is 2. The van der Waals surface area contributed by atoms with E-state index < -0.39 is 12.1 Å². The Morgan fingerprint density at radius 3 is 1.71 bits per heavy atom. The zero-order valence-corrected chi connectivity index (χ0v) is 17.0. The van der Waals surface area contributed by atoms with Crippen LogP contribution in [0.2, 0.25) is 0 Å². The Kier molecular flexibility index (Phi) is 6.08. The van der Waals surface area contributed by atoms with Crippen LogP contribution in [0.5, 0.6) is 0 Å². The second-order valence-corrected chi connectivity index (χ2v) is 9.63. The maximum absolute atomic E-state index is 13.7. The van der Waals surface area contributed by atoms with E-state index in [0.29, 0.717) is 31.1 Å². The van der Waals surface area contributed by atoms with Crippen LogP contribution in [0.1, 0.15) is 89.9 Å². The first-order valence-corrected chi connectivity index (χ1v) is 11.6. The summed E-state index contributed by atoms with van der Waals surface area (Å²) in [7, 11) is 0. The Balaban J connectivity index is 1.76. The lowest BCUT2D eigenvalue weighted by molar-refractivity contribution is -0.193. The van der Waals surface area contributed by atoms with Crippen molar-refractivity contribution < 1.29 is 13.2 Å². The van der Waals surface area contributed by atoms with Gasteiger partial charge in [0.05, 0.1) is 17.8 Å². The predicted molar refractivity (Wildman–Crippen MR) is 105 cm³/mol. The van der Waals surface area contributed by atoms with Crippen molar-refractivity contribution in [2.75, 3.05) is 0 Å². The van der Waals surface area contributed by atoms with Crippen LogP contribution in [-0.4, -0.2) is 15.7 Å². The summed E-state index contributed by atoms with van der Waals surface area (Å²) in [4.78, 5) is 4.38. The van der Waals surface area contributed by atoms with Crippen molar-refractivity contribution in [1.29, 1.82) is 0 Å². The number of halogens is 3. The van der Waals surface area contributed by atoms with E-state index in [-0.39, 0.29) is 11.5 Å². The number of imidazole rings is 1. The minimum Gasteiger partial charge on any atom is -0.331 e. The largest absolute Gasteiger partial charge is 0.391 e. The van der Waals surface area contributed by atoms with Gasteiger partial charge in [-0.2, -0.15) is 13.2 Å². The predicted octanol–water partition coefficient (Wildman–Crippen LogP) is 7.11. The van der Waals surface area contributed by atoms with Gasteiger partial charge in [-0.1, -0.05) is 44.9 Å². The fraction of sp³-hybridized carbons (Fsp3) is 0.870. The molecule has 4 rings (SSSR count). The minimum absolute atomic E-state index is 0.119. The van der Waals surface area contributed by atoms with Crippen LogP contribution < -0.4 is 0 Å². The van der Waals surface area contributed by atoms with Crippen LogP contribution in [0.3, 0.4) is 0 Å². The zero-order chi connectivity index (χ0) is 19.6. The van der Waals surface area contributed by atoms with Crippen LogP contribution in [-0.2, 0) is 5.54 Å². The minimum atomic E-state index is -4.06. The molecule has 3 saturated carbocycles. The molecule has 2 nitrogen and oxygen atoms in total. The van der Waals surface area contributed by atoms with Crippen LogP contribution in [0, 0.1) is 23.7 Å². The monoisotopic (exact) mass is 396 g/mol. The van der Waals surface area contributed by atoms with Crippen LogP contribution in [0.25, 0.3) is 0 Å². The van der Waals surface area contributed by atoms with Gasteiger partial charge in [0.25, 0.3) is 0 Å². The first-order valence-electron chi connectivity index (χ1n) is 11.6. The van der Waals surface area contributed by atoms with E-state index in [0.717, 1.165) is 6.42 Å². The Hall–Kier alpha value is -1.00. The van der Waals surface area contributed by atoms with E-state index in [4.69, 9.17) is 0 Å². The fourth-order valence-corrected chi connectivity index (χ4v) is 7.16. The van der Waals surface area contributed by atoms with Crippen molar-refractivity contribution in [1.82, 2.24) is 9.55 Å². The quantitative estimate of drug-likeness (QED) is 0.530. The van der Waals surface area contributed by atoms with Gasteiger partial charge in [-0.05, 0) is 62.7 Å². The van der Waals surface area contributed by atoms with Gasteiger partial charge in [0, 0.05) is 12.4 Å². The van der Waals surface area contributed by atoms with Crippen molar-refractivity contribution in [2.45, 2.75) is 102 Å². The van der Waals surface area contributed by atoms with Crippen LogP contribution in [0.4, 0.5) is 13.2 Å². The third kappa shape index (κ3) is 3.75. The molecule has 0 amide bonds. The van der Waals surface area contributed by atoms with Gasteiger partial charge in [0.1, 0.15) is 0 Å². The van der Waals surface area contributed by atoms with E-state index in [9.17, 15) is 13.2 Å². The second kappa shape index (κ2) is 8.39. The van der Waals surface area contributed by atoms with E-state index in [1.54, 1.807) is 0 Å². The third-order valence-electron chi connectivity index (χ3n) is 8.26. The highest BCUT2D eigenvalue weighted by Crippen LogP contribution is 2.56. The second-order valence-electron chi connectivity index (χ2n) is 9.63. The molecule has 3 aliphatic rings. The summed E-state index contributed by atoms with van der Waals surface area (Å²) < 4.78 is 43.4. The molecule has 1 aromatic rings. The zero-order valence-electron chi connectivity index (χ0n) is 17.0. The number of hydrogen-bond acceptors (Lipinski definition) is 1. The molecule has 3 aliphatic carbocycles. The van der Waals surface area contributed by atoms with Gasteiger partial charge in [0.2, 0.25) is 0 Å². The first kappa shape index (κ1) is 20.3. The highest BCUT2D eigenvalue weighted by atomic mass is 19.4. The summed E-state index contributed by atoms with van der Waals surface area (Å²) in [6.07, 6.45) is 16.2. The maximum atomic E-state index is 13.7. The Morgan fingerprint density at radius 2 is 1.21 bits per heavy atom. The highest BCUT2D eigenvalue weighted by molar-refractivity contribution is 5.07. The molecule has 0 saturated heterocycles. The average Bonchev–Trinajstić information content (AvgIpc) is 3.25. The molecule has 2 atom stereocenters. The molecule has 0 aliphatic heterocycles. The van der Waals surface area contributed by atoms with E-state index >= 15 is 0 Å². The summed E-state index contributed by atoms with van der Waals surface area (Å²) in [5, 5.41) is 0. The molecule has 3 fully saturated rings. The third-order valence-corrected chi connectivity index (χ3v) is 8.26. The van der Waals surface area contributed by atoms with Crippen molar-refractivity contribution in [3.63, 3.8) is 0 Å². The van der Waals surface area contributed by atoms with E-state index in [2.05, 4.69) is 15.7 Å². The van der Waals surface area contributed by atoms with Gasteiger partial charge in [-0.25, -0.2) is 4.98 Å². The lowest BCUT2D eigenvalue weighted by atomic mass is 9.55. The topological polar surface area (TPSA) is 17.8 Å². The smallest absolute Gasteiger partial charge is 0.331 e. The lowest BCUT2D eigenvalue weighted by Crippen LogP contribution is -2.55. The number of nitrogens with zero attached hydrogens (tertiary/aromatic N) is 2. The molecule has 5 heteroatoms. The van der Waals surface area contributed by atoms with Crippen LogP contribution in [0.15, 0.2) is 18.7 Å². The number of alkyl halides is 3. The Morgan fingerprint density at radius 1 is 0.679 bits per heavy atom. The summed E-state index contributed by atoms with van der Waals surface area (Å²) >= 11 is 0. The SMILES string of the molecule is FC(F)(F)C1CCCC(C(C2CCCCC2)(C2CCCCC2)n2ccnc2)C1. The van der Waals surface area contributed by atoms with Gasteiger partial charge in [0.15, 0.2) is 0 Å². The van der Waals surface area contributed by atoms with Gasteiger partial charge >= 0.3 is 6.18 Å². The number of rotatable bonds is 4. The standard InChI is InChI=1S/C23H35F3N2/c24-23(25,26)21-13-7-12-20(16-21)22(28-15-14-27-17-28,18-8-3-1-4-9-18)19-10-5-2-6-11-19/h14-15,17-21H,1-13,16H2. The average molecular weight is 397 g/mol. The molecule has 0 radical (unpaired) electrons. The Labute approximate surface area is 167 Å². The van der Waals surface area contributed by atoms with Gasteiger partial charge in [-0.15, -0.1) is 0 Å². The molecule has 0 bridgehead atoms. The fourth-order valence-electron chi connectivity index (χ4n) is 7.16. The van der Waals surface area contributed by atoms with Gasteiger partial charge < -0.3 is 4.57 Å². The molecular weight excluding hydrogens is 361 g/mol. The molecule has 28 heavy (non-hydrogen) atoms. The molecule has 0 spiro atoms. The first-order chi connectivity index (χ1) is 13.5. The summed E-state index contributed by atoms with van der Waals surface area (Å²) in [5.41, 5.74) is -0.165. The summed E-state index contributed by atoms with van der Waals surface area (Å²) in [5.74, 6) is -0.0133. The maximum Gasteiger partial charge on any atom is 0.391 e. The molecule has 0 aromatic carbocycles. The van der Waals surface area contributed by atoms with Crippen molar-refractivity contribution in [2.24, 2.45) is 23.7 Å². The molecule has 1 heterocycles. The highest BCUT2D eigenvalue weighted by Gasteiger charge is 2.55. The number of hydrogen-bond donors (Lipinski definition) is 0. The van der Waals surface area contributed by atoms with E-state index in [1.165, 1.54) is 64.2 Å². The summed E-state index contributed by atoms with van der Waals surface area (Å²) in [6.45, 7) is 0. The van der Waals surface area contributed by atoms with Gasteiger partial charge in [-0.3, -0.25) is 0 Å².